The number of hydrogen-bond donors (Lipinski definition) is 3. The maximum absolute atomic E-state index is 12.6. The zero-order valence-electron chi connectivity index (χ0n) is 21.7. The number of piperidine rings is 1. The highest BCUT2D eigenvalue weighted by atomic mass is 19.4. The van der Waals surface area contributed by atoms with E-state index in [4.69, 9.17) is 19.0 Å². The van der Waals surface area contributed by atoms with Gasteiger partial charge >= 0.3 is 12.1 Å². The molecule has 2 aliphatic heterocycles. The van der Waals surface area contributed by atoms with E-state index in [0.717, 1.165) is 17.7 Å². The van der Waals surface area contributed by atoms with Crippen LogP contribution in [0.3, 0.4) is 0 Å². The van der Waals surface area contributed by atoms with Crippen LogP contribution in [0, 0.1) is 0 Å². The highest BCUT2D eigenvalue weighted by Crippen LogP contribution is 2.65. The molecule has 1 spiro atoms. The molecule has 5 atom stereocenters. The molecule has 214 valence electrons. The Bertz CT molecular complexity index is 1190. The van der Waals surface area contributed by atoms with Gasteiger partial charge in [-0.2, -0.15) is 13.2 Å². The summed E-state index contributed by atoms with van der Waals surface area (Å²) in [5.41, 5.74) is 0.315. The lowest BCUT2D eigenvalue weighted by atomic mass is 9.50. The van der Waals surface area contributed by atoms with Gasteiger partial charge in [-0.15, -0.1) is 0 Å². The average Bonchev–Trinajstić information content (AvgIpc) is 3.23. The maximum atomic E-state index is 12.6. The Hall–Kier alpha value is -3.16. The van der Waals surface area contributed by atoms with E-state index in [1.807, 2.05) is 19.2 Å². The Morgan fingerprint density at radius 3 is 2.67 bits per heavy atom. The Balaban J connectivity index is 0.000000531. The maximum Gasteiger partial charge on any atom is 0.446 e. The van der Waals surface area contributed by atoms with Crippen LogP contribution in [0.1, 0.15) is 37.3 Å². The molecule has 10 nitrogen and oxygen atoms in total. The summed E-state index contributed by atoms with van der Waals surface area (Å²) in [6.45, 7) is 2.20. The number of nitrogens with one attached hydrogen (secondary N) is 1. The van der Waals surface area contributed by atoms with Gasteiger partial charge in [-0.05, 0) is 51.1 Å². The summed E-state index contributed by atoms with van der Waals surface area (Å²) in [7, 11) is 3.63. The van der Waals surface area contributed by atoms with E-state index >= 15 is 0 Å². The summed E-state index contributed by atoms with van der Waals surface area (Å²) in [5, 5.41) is 23.9. The Kier molecular flexibility index (Phi) is 7.71. The van der Waals surface area contributed by atoms with Crippen LogP contribution in [-0.4, -0.2) is 90.5 Å². The van der Waals surface area contributed by atoms with Gasteiger partial charge < -0.3 is 34.6 Å². The topological polar surface area (TPSA) is 135 Å². The van der Waals surface area contributed by atoms with Crippen molar-refractivity contribution in [2.24, 2.45) is 0 Å². The number of hydrogen-bond acceptors (Lipinski definition) is 9. The second kappa shape index (κ2) is 10.4. The minimum absolute atomic E-state index is 0.0489. The van der Waals surface area contributed by atoms with Gasteiger partial charge in [-0.1, -0.05) is 6.07 Å². The van der Waals surface area contributed by atoms with Crippen LogP contribution in [0.5, 0.6) is 11.5 Å². The van der Waals surface area contributed by atoms with Crippen LogP contribution in [-0.2, 0) is 31.0 Å². The van der Waals surface area contributed by atoms with Gasteiger partial charge in [0.05, 0.1) is 24.5 Å². The molecule has 1 fully saturated rings. The van der Waals surface area contributed by atoms with Gasteiger partial charge in [0.2, 0.25) is 12.2 Å². The molecule has 1 aromatic rings. The van der Waals surface area contributed by atoms with Gasteiger partial charge in [-0.3, -0.25) is 14.4 Å². The van der Waals surface area contributed by atoms with Crippen LogP contribution in [0.25, 0.3) is 0 Å². The molecule has 2 bridgehead atoms. The first-order chi connectivity index (χ1) is 18.3. The zero-order valence-corrected chi connectivity index (χ0v) is 21.7. The van der Waals surface area contributed by atoms with Crippen molar-refractivity contribution >= 4 is 18.2 Å². The van der Waals surface area contributed by atoms with Crippen LogP contribution in [0.2, 0.25) is 0 Å². The number of methoxy groups -OCH3 is 1. The van der Waals surface area contributed by atoms with E-state index < -0.39 is 47.6 Å². The van der Waals surface area contributed by atoms with Crippen molar-refractivity contribution in [2.45, 2.75) is 68.0 Å². The lowest BCUT2D eigenvalue weighted by Crippen LogP contribution is -2.74. The molecular formula is C26H31F3N2O8. The second-order valence-corrected chi connectivity index (χ2v) is 10.1. The van der Waals surface area contributed by atoms with E-state index in [-0.39, 0.29) is 19.0 Å². The molecule has 2 heterocycles. The number of rotatable bonds is 6. The van der Waals surface area contributed by atoms with Crippen LogP contribution < -0.4 is 14.8 Å². The quantitative estimate of drug-likeness (QED) is 0.349. The predicted octanol–water partition coefficient (Wildman–Crippen LogP) is 1.15. The van der Waals surface area contributed by atoms with Crippen LogP contribution >= 0.6 is 0 Å². The fourth-order valence-electron chi connectivity index (χ4n) is 6.21. The lowest BCUT2D eigenvalue weighted by molar-refractivity contribution is -0.169. The lowest BCUT2D eigenvalue weighted by Gasteiger charge is -2.61. The third-order valence-electron chi connectivity index (χ3n) is 7.93. The van der Waals surface area contributed by atoms with Gasteiger partial charge in [0, 0.05) is 24.6 Å². The van der Waals surface area contributed by atoms with Crippen molar-refractivity contribution in [3.63, 3.8) is 0 Å². The number of carbonyl (C=O) groups excluding carboxylic acids is 3. The highest BCUT2D eigenvalue weighted by Gasteiger charge is 2.72. The summed E-state index contributed by atoms with van der Waals surface area (Å²) >= 11 is 0. The van der Waals surface area contributed by atoms with E-state index in [9.17, 15) is 33.0 Å². The van der Waals surface area contributed by atoms with Gasteiger partial charge in [0.15, 0.2) is 17.6 Å². The van der Waals surface area contributed by atoms with E-state index in [0.29, 0.717) is 36.5 Å². The SMILES string of the molecule is COc1ccc2c3c1O[C@H]1C(OC(=O)CCNC(=O)[C@H](C)O)=CC[C@@]4(O)[C@@H](C2)N(C)CC[C@]314.O=CC(F)(F)F. The third kappa shape index (κ3) is 4.87. The molecule has 3 N–H and O–H groups in total. The number of alkyl halides is 3. The number of carbonyl (C=O) groups is 3. The first kappa shape index (κ1) is 28.8. The summed E-state index contributed by atoms with van der Waals surface area (Å²) < 4.78 is 49.0. The normalized spacial score (nSPS) is 29.0. The van der Waals surface area contributed by atoms with Crippen molar-refractivity contribution in [3.05, 3.63) is 35.1 Å². The molecule has 1 amide bonds. The molecule has 1 aromatic carbocycles. The standard InChI is InChI=1S/C24H30N2O7.C2HF3O/c1-13(27)22(29)25-10-7-18(28)32-16-6-8-24(30)17-12-14-4-5-15(31-3)20-19(14)23(24,21(16)33-20)9-11-26(17)2;3-2(4,5)1-6/h4-6,13,17,21,27,30H,7-12H2,1-3H3,(H,25,29);1H/t13-,17+,21-,23-,24+;/m0./s1. The molecule has 0 radical (unpaired) electrons. The molecular weight excluding hydrogens is 525 g/mol. The monoisotopic (exact) mass is 556 g/mol. The molecule has 4 aliphatic rings. The predicted molar refractivity (Wildman–Crippen MR) is 129 cm³/mol. The second-order valence-electron chi connectivity index (χ2n) is 10.1. The van der Waals surface area contributed by atoms with Crippen molar-refractivity contribution in [3.8, 4) is 11.5 Å². The molecule has 2 aliphatic carbocycles. The minimum atomic E-state index is -4.64. The smallest absolute Gasteiger partial charge is 0.446 e. The fraction of sp³-hybridized carbons (Fsp3) is 0.577. The van der Waals surface area contributed by atoms with Gasteiger partial charge in [0.1, 0.15) is 11.9 Å². The van der Waals surface area contributed by atoms with Crippen LogP contribution in [0.4, 0.5) is 13.2 Å². The first-order valence-electron chi connectivity index (χ1n) is 12.5. The average molecular weight is 557 g/mol. The summed E-state index contributed by atoms with van der Waals surface area (Å²) in [6, 6.07) is 3.86. The Labute approximate surface area is 222 Å². The van der Waals surface area contributed by atoms with Gasteiger partial charge in [-0.25, -0.2) is 0 Å². The molecule has 0 saturated carbocycles. The largest absolute Gasteiger partial charge is 0.493 e. The number of aliphatic hydroxyl groups is 2. The Morgan fingerprint density at radius 1 is 1.36 bits per heavy atom. The highest BCUT2D eigenvalue weighted by molar-refractivity contribution is 5.80. The number of likely N-dealkylation sites (tertiary alicyclic amines) is 1. The fourth-order valence-corrected chi connectivity index (χ4v) is 6.21. The summed E-state index contributed by atoms with van der Waals surface area (Å²) in [6.07, 6.45) is -4.05. The molecule has 0 aromatic heterocycles. The zero-order chi connectivity index (χ0) is 28.8. The summed E-state index contributed by atoms with van der Waals surface area (Å²) in [5.74, 6) is 0.553. The van der Waals surface area contributed by atoms with Gasteiger partial charge in [0.25, 0.3) is 0 Å². The molecule has 0 unspecified atom stereocenters. The molecule has 1 saturated heterocycles. The molecule has 5 rings (SSSR count). The first-order valence-corrected chi connectivity index (χ1v) is 12.5. The number of nitrogens with zero attached hydrogens (tertiary/aromatic N) is 1. The van der Waals surface area contributed by atoms with E-state index in [1.54, 1.807) is 13.2 Å². The van der Waals surface area contributed by atoms with E-state index in [1.165, 1.54) is 6.92 Å². The number of likely N-dealkylation sites (N-methyl/N-ethyl adjacent to an activating group) is 1. The van der Waals surface area contributed by atoms with Crippen molar-refractivity contribution < 1.29 is 52.0 Å². The van der Waals surface area contributed by atoms with Crippen molar-refractivity contribution in [1.29, 1.82) is 0 Å². The number of ether oxygens (including phenoxy) is 3. The van der Waals surface area contributed by atoms with E-state index in [2.05, 4.69) is 10.2 Å². The van der Waals surface area contributed by atoms with Crippen LogP contribution in [0.15, 0.2) is 24.0 Å². The number of halogens is 3. The minimum Gasteiger partial charge on any atom is -0.493 e. The Morgan fingerprint density at radius 2 is 2.05 bits per heavy atom. The number of aldehydes is 1. The number of amides is 1. The number of benzene rings is 1. The number of esters is 1. The summed E-state index contributed by atoms with van der Waals surface area (Å²) in [4.78, 5) is 35.0. The molecule has 13 heteroatoms. The number of aliphatic hydroxyl groups excluding tert-OH is 1. The third-order valence-corrected chi connectivity index (χ3v) is 7.93. The van der Waals surface area contributed by atoms with Crippen molar-refractivity contribution in [2.75, 3.05) is 27.2 Å². The van der Waals surface area contributed by atoms with Crippen molar-refractivity contribution in [1.82, 2.24) is 10.2 Å². The molecule has 39 heavy (non-hydrogen) atoms.